The molecular formula is C20H21N5O3. The van der Waals surface area contributed by atoms with Gasteiger partial charge in [0.1, 0.15) is 11.5 Å². The first-order chi connectivity index (χ1) is 13.5. The van der Waals surface area contributed by atoms with Gasteiger partial charge in [0.25, 0.3) is 11.6 Å². The van der Waals surface area contributed by atoms with Gasteiger partial charge in [0.15, 0.2) is 0 Å². The number of amides is 1. The molecule has 28 heavy (non-hydrogen) atoms. The van der Waals surface area contributed by atoms with E-state index in [-0.39, 0.29) is 17.2 Å². The molecule has 8 nitrogen and oxygen atoms in total. The molecule has 1 amide bonds. The monoisotopic (exact) mass is 379 g/mol. The van der Waals surface area contributed by atoms with E-state index >= 15 is 0 Å². The van der Waals surface area contributed by atoms with E-state index in [9.17, 15) is 14.9 Å². The molecule has 0 bridgehead atoms. The van der Waals surface area contributed by atoms with Crippen LogP contribution in [0.1, 0.15) is 22.6 Å². The molecule has 8 heteroatoms. The summed E-state index contributed by atoms with van der Waals surface area (Å²) >= 11 is 0. The summed E-state index contributed by atoms with van der Waals surface area (Å²) in [4.78, 5) is 27.4. The largest absolute Gasteiger partial charge is 0.352 e. The molecule has 0 aliphatic rings. The van der Waals surface area contributed by atoms with Crippen molar-refractivity contribution in [3.63, 3.8) is 0 Å². The van der Waals surface area contributed by atoms with Crippen LogP contribution < -0.4 is 10.6 Å². The van der Waals surface area contributed by atoms with Gasteiger partial charge < -0.3 is 15.2 Å². The third-order valence-electron chi connectivity index (χ3n) is 4.29. The van der Waals surface area contributed by atoms with Crippen LogP contribution in [-0.4, -0.2) is 26.9 Å². The molecule has 0 aliphatic carbocycles. The first-order valence-electron chi connectivity index (χ1n) is 8.91. The third kappa shape index (κ3) is 4.73. The van der Waals surface area contributed by atoms with Crippen molar-refractivity contribution >= 4 is 23.0 Å². The van der Waals surface area contributed by atoms with E-state index in [2.05, 4.69) is 15.6 Å². The number of nitro groups is 1. The zero-order valence-electron chi connectivity index (χ0n) is 15.5. The minimum Gasteiger partial charge on any atom is -0.352 e. The number of nitro benzene ring substituents is 1. The number of carbonyl (C=O) groups is 1. The van der Waals surface area contributed by atoms with Crippen LogP contribution in [0.3, 0.4) is 0 Å². The number of nitrogens with one attached hydrogen (secondary N) is 2. The van der Waals surface area contributed by atoms with Crippen LogP contribution in [0.4, 0.5) is 17.1 Å². The van der Waals surface area contributed by atoms with Gasteiger partial charge in [-0.1, -0.05) is 18.2 Å². The van der Waals surface area contributed by atoms with Gasteiger partial charge in [0.2, 0.25) is 0 Å². The van der Waals surface area contributed by atoms with Gasteiger partial charge in [-0.3, -0.25) is 14.9 Å². The van der Waals surface area contributed by atoms with Crippen molar-refractivity contribution in [1.29, 1.82) is 0 Å². The molecule has 1 aromatic heterocycles. The zero-order valence-corrected chi connectivity index (χ0v) is 15.5. The fraction of sp³-hybridized carbons (Fsp3) is 0.200. The topological polar surface area (TPSA) is 102 Å². The Bertz CT molecular complexity index is 969. The average Bonchev–Trinajstić information content (AvgIpc) is 3.11. The quantitative estimate of drug-likeness (QED) is 0.353. The second-order valence-corrected chi connectivity index (χ2v) is 6.26. The lowest BCUT2D eigenvalue weighted by Gasteiger charge is -2.10. The van der Waals surface area contributed by atoms with Crippen LogP contribution in [-0.2, 0) is 6.54 Å². The molecule has 2 N–H and O–H groups in total. The molecule has 0 unspecified atom stereocenters. The Morgan fingerprint density at radius 1 is 1.21 bits per heavy atom. The van der Waals surface area contributed by atoms with Crippen molar-refractivity contribution in [2.45, 2.75) is 19.9 Å². The van der Waals surface area contributed by atoms with Crippen LogP contribution in [0, 0.1) is 17.0 Å². The smallest absolute Gasteiger partial charge is 0.293 e. The van der Waals surface area contributed by atoms with Gasteiger partial charge in [-0.05, 0) is 37.6 Å². The van der Waals surface area contributed by atoms with Crippen LogP contribution in [0.5, 0.6) is 0 Å². The minimum absolute atomic E-state index is 0.148. The lowest BCUT2D eigenvalue weighted by molar-refractivity contribution is -0.383. The van der Waals surface area contributed by atoms with Crippen LogP contribution in [0.15, 0.2) is 60.9 Å². The fourth-order valence-electron chi connectivity index (χ4n) is 2.80. The molecule has 0 radical (unpaired) electrons. The number of carbonyl (C=O) groups excluding carboxylic acids is 1. The summed E-state index contributed by atoms with van der Waals surface area (Å²) in [5, 5.41) is 17.2. The van der Waals surface area contributed by atoms with Crippen molar-refractivity contribution in [1.82, 2.24) is 14.9 Å². The maximum Gasteiger partial charge on any atom is 0.293 e. The molecule has 1 heterocycles. The Balaban J connectivity index is 1.63. The highest BCUT2D eigenvalue weighted by molar-refractivity contribution is 5.95. The number of para-hydroxylation sites is 1. The van der Waals surface area contributed by atoms with E-state index in [1.807, 2.05) is 48.0 Å². The summed E-state index contributed by atoms with van der Waals surface area (Å²) < 4.78 is 2.00. The van der Waals surface area contributed by atoms with Gasteiger partial charge >= 0.3 is 0 Å². The second-order valence-electron chi connectivity index (χ2n) is 6.26. The average molecular weight is 379 g/mol. The number of imidazole rings is 1. The standard InChI is InChI=1S/C20H21N5O3/c1-15-21-11-13-24(15)12-5-10-22-20(26)16-8-9-18(19(14-16)25(27)28)23-17-6-3-2-4-7-17/h2-4,6-9,11,13-14,23H,5,10,12H2,1H3,(H,22,26). The first kappa shape index (κ1) is 19.1. The Labute approximate surface area is 162 Å². The molecule has 2 aromatic carbocycles. The summed E-state index contributed by atoms with van der Waals surface area (Å²) in [6.45, 7) is 3.13. The lowest BCUT2D eigenvalue weighted by Crippen LogP contribution is -2.25. The molecule has 3 rings (SSSR count). The van der Waals surface area contributed by atoms with E-state index in [1.54, 1.807) is 18.3 Å². The number of rotatable bonds is 8. The molecule has 3 aromatic rings. The van der Waals surface area contributed by atoms with Gasteiger partial charge in [-0.2, -0.15) is 0 Å². The van der Waals surface area contributed by atoms with Gasteiger partial charge in [0, 0.05) is 42.8 Å². The molecule has 0 atom stereocenters. The van der Waals surface area contributed by atoms with Crippen molar-refractivity contribution in [2.75, 3.05) is 11.9 Å². The van der Waals surface area contributed by atoms with Crippen molar-refractivity contribution in [3.05, 3.63) is 82.4 Å². The Kier molecular flexibility index (Phi) is 6.01. The maximum atomic E-state index is 12.3. The number of aryl methyl sites for hydroxylation is 2. The molecular weight excluding hydrogens is 358 g/mol. The van der Waals surface area contributed by atoms with Crippen molar-refractivity contribution in [2.24, 2.45) is 0 Å². The Hall–Kier alpha value is -3.68. The predicted molar refractivity (Wildman–Crippen MR) is 107 cm³/mol. The van der Waals surface area contributed by atoms with E-state index in [0.29, 0.717) is 12.2 Å². The molecule has 0 spiro atoms. The molecule has 0 saturated carbocycles. The van der Waals surface area contributed by atoms with Crippen LogP contribution >= 0.6 is 0 Å². The summed E-state index contributed by atoms with van der Waals surface area (Å²) in [6.07, 6.45) is 4.36. The number of anilines is 2. The fourth-order valence-corrected chi connectivity index (χ4v) is 2.80. The minimum atomic E-state index is -0.496. The van der Waals surface area contributed by atoms with Crippen molar-refractivity contribution in [3.8, 4) is 0 Å². The third-order valence-corrected chi connectivity index (χ3v) is 4.29. The number of hydrogen-bond acceptors (Lipinski definition) is 5. The predicted octanol–water partition coefficient (Wildman–Crippen LogP) is 3.66. The molecule has 0 saturated heterocycles. The first-order valence-corrected chi connectivity index (χ1v) is 8.91. The molecule has 144 valence electrons. The van der Waals surface area contributed by atoms with E-state index < -0.39 is 4.92 Å². The van der Waals surface area contributed by atoms with Gasteiger partial charge in [-0.25, -0.2) is 4.98 Å². The van der Waals surface area contributed by atoms with Crippen LogP contribution in [0.2, 0.25) is 0 Å². The van der Waals surface area contributed by atoms with Crippen LogP contribution in [0.25, 0.3) is 0 Å². The number of hydrogen-bond donors (Lipinski definition) is 2. The highest BCUT2D eigenvalue weighted by Crippen LogP contribution is 2.28. The molecule has 0 fully saturated rings. The molecule has 0 aliphatic heterocycles. The van der Waals surface area contributed by atoms with Gasteiger partial charge in [-0.15, -0.1) is 0 Å². The summed E-state index contributed by atoms with van der Waals surface area (Å²) in [5.74, 6) is 0.583. The Morgan fingerprint density at radius 3 is 2.68 bits per heavy atom. The highest BCUT2D eigenvalue weighted by Gasteiger charge is 2.17. The van der Waals surface area contributed by atoms with Crippen molar-refractivity contribution < 1.29 is 9.72 Å². The SMILES string of the molecule is Cc1nccn1CCCNC(=O)c1ccc(Nc2ccccc2)c([N+](=O)[O-])c1. The summed E-state index contributed by atoms with van der Waals surface area (Å²) in [5.41, 5.74) is 1.18. The van der Waals surface area contributed by atoms with E-state index in [0.717, 1.165) is 24.5 Å². The van der Waals surface area contributed by atoms with E-state index in [4.69, 9.17) is 0 Å². The maximum absolute atomic E-state index is 12.3. The lowest BCUT2D eigenvalue weighted by atomic mass is 10.1. The summed E-state index contributed by atoms with van der Waals surface area (Å²) in [7, 11) is 0. The number of benzene rings is 2. The Morgan fingerprint density at radius 2 is 2.00 bits per heavy atom. The zero-order chi connectivity index (χ0) is 19.9. The van der Waals surface area contributed by atoms with Gasteiger partial charge in [0.05, 0.1) is 4.92 Å². The van der Waals surface area contributed by atoms with E-state index in [1.165, 1.54) is 6.07 Å². The number of aromatic nitrogens is 2. The summed E-state index contributed by atoms with van der Waals surface area (Å²) in [6, 6.07) is 13.6. The normalized spacial score (nSPS) is 10.5. The number of nitrogens with zero attached hydrogens (tertiary/aromatic N) is 3. The second kappa shape index (κ2) is 8.81. The highest BCUT2D eigenvalue weighted by atomic mass is 16.6.